The average Bonchev–Trinajstić information content (AvgIpc) is 2.14. The van der Waals surface area contributed by atoms with Crippen LogP contribution in [0.2, 0.25) is 0 Å². The van der Waals surface area contributed by atoms with E-state index in [1.807, 2.05) is 6.92 Å². The SMILES string of the molecule is CCCC(=O)C/C=C(\C)CCC=C(C)C. The number of carbonyl (C=O) groups excluding carboxylic acids is 1. The predicted octanol–water partition coefficient (Wildman–Crippen LogP) is 4.44. The van der Waals surface area contributed by atoms with Gasteiger partial charge in [0.15, 0.2) is 0 Å². The molecule has 15 heavy (non-hydrogen) atoms. The summed E-state index contributed by atoms with van der Waals surface area (Å²) in [5.74, 6) is 0.360. The van der Waals surface area contributed by atoms with Crippen LogP contribution in [0.4, 0.5) is 0 Å². The van der Waals surface area contributed by atoms with E-state index < -0.39 is 0 Å². The van der Waals surface area contributed by atoms with Gasteiger partial charge in [-0.15, -0.1) is 0 Å². The highest BCUT2D eigenvalue weighted by Crippen LogP contribution is 2.08. The molecule has 0 spiro atoms. The standard InChI is InChI=1S/C14H24O/c1-5-7-14(15)11-10-13(4)9-6-8-12(2)3/h8,10H,5-7,9,11H2,1-4H3/b13-10+. The highest BCUT2D eigenvalue weighted by molar-refractivity contribution is 5.79. The zero-order valence-corrected chi connectivity index (χ0v) is 10.6. The third-order valence-electron chi connectivity index (χ3n) is 2.30. The molecule has 0 saturated heterocycles. The molecule has 0 N–H and O–H groups in total. The third kappa shape index (κ3) is 9.45. The maximum atomic E-state index is 11.3. The van der Waals surface area contributed by atoms with Gasteiger partial charge >= 0.3 is 0 Å². The minimum absolute atomic E-state index is 0.360. The predicted molar refractivity (Wildman–Crippen MR) is 67.0 cm³/mol. The average molecular weight is 208 g/mol. The zero-order chi connectivity index (χ0) is 11.7. The van der Waals surface area contributed by atoms with Crippen LogP contribution in [-0.4, -0.2) is 5.78 Å². The monoisotopic (exact) mass is 208 g/mol. The van der Waals surface area contributed by atoms with E-state index in [4.69, 9.17) is 0 Å². The van der Waals surface area contributed by atoms with Crippen molar-refractivity contribution in [3.8, 4) is 0 Å². The first kappa shape index (κ1) is 14.2. The van der Waals surface area contributed by atoms with E-state index in [9.17, 15) is 4.79 Å². The van der Waals surface area contributed by atoms with Crippen LogP contribution in [0.25, 0.3) is 0 Å². The molecule has 0 atom stereocenters. The highest BCUT2D eigenvalue weighted by Gasteiger charge is 1.97. The van der Waals surface area contributed by atoms with Gasteiger partial charge in [-0.2, -0.15) is 0 Å². The summed E-state index contributed by atoms with van der Waals surface area (Å²) >= 11 is 0. The van der Waals surface area contributed by atoms with Crippen molar-refractivity contribution in [2.45, 2.75) is 59.8 Å². The number of allylic oxidation sites excluding steroid dienone is 4. The number of hydrogen-bond acceptors (Lipinski definition) is 1. The summed E-state index contributed by atoms with van der Waals surface area (Å²) < 4.78 is 0. The van der Waals surface area contributed by atoms with Gasteiger partial charge in [0.2, 0.25) is 0 Å². The number of rotatable bonds is 7. The van der Waals surface area contributed by atoms with E-state index in [0.29, 0.717) is 12.2 Å². The van der Waals surface area contributed by atoms with Gasteiger partial charge in [-0.05, 0) is 40.0 Å². The van der Waals surface area contributed by atoms with Gasteiger partial charge in [-0.3, -0.25) is 4.79 Å². The normalized spacial score (nSPS) is 11.3. The molecule has 1 heteroatoms. The summed E-state index contributed by atoms with van der Waals surface area (Å²) in [6.45, 7) is 8.38. The smallest absolute Gasteiger partial charge is 0.136 e. The van der Waals surface area contributed by atoms with Gasteiger partial charge in [0, 0.05) is 12.8 Å². The quantitative estimate of drug-likeness (QED) is 0.565. The summed E-state index contributed by atoms with van der Waals surface area (Å²) in [7, 11) is 0. The lowest BCUT2D eigenvalue weighted by atomic mass is 10.1. The molecule has 0 radical (unpaired) electrons. The molecule has 0 amide bonds. The Morgan fingerprint density at radius 2 is 1.73 bits per heavy atom. The summed E-state index contributed by atoms with van der Waals surface area (Å²) in [5.41, 5.74) is 2.70. The molecule has 0 aromatic carbocycles. The zero-order valence-electron chi connectivity index (χ0n) is 10.6. The van der Waals surface area contributed by atoms with Crippen molar-refractivity contribution >= 4 is 5.78 Å². The van der Waals surface area contributed by atoms with E-state index >= 15 is 0 Å². The van der Waals surface area contributed by atoms with E-state index in [0.717, 1.165) is 25.7 Å². The van der Waals surface area contributed by atoms with Gasteiger partial charge in [0.1, 0.15) is 5.78 Å². The van der Waals surface area contributed by atoms with Gasteiger partial charge < -0.3 is 0 Å². The van der Waals surface area contributed by atoms with Gasteiger partial charge in [-0.25, -0.2) is 0 Å². The lowest BCUT2D eigenvalue weighted by Crippen LogP contribution is -1.94. The summed E-state index contributed by atoms with van der Waals surface area (Å²) in [6, 6.07) is 0. The molecular weight excluding hydrogens is 184 g/mol. The van der Waals surface area contributed by atoms with Crippen molar-refractivity contribution < 1.29 is 4.79 Å². The molecule has 0 saturated carbocycles. The van der Waals surface area contributed by atoms with Crippen molar-refractivity contribution in [2.75, 3.05) is 0 Å². The summed E-state index contributed by atoms with van der Waals surface area (Å²) in [5, 5.41) is 0. The first-order valence-corrected chi connectivity index (χ1v) is 5.87. The van der Waals surface area contributed by atoms with Crippen LogP contribution < -0.4 is 0 Å². The number of carbonyl (C=O) groups is 1. The second-order valence-corrected chi connectivity index (χ2v) is 4.36. The summed E-state index contributed by atoms with van der Waals surface area (Å²) in [4.78, 5) is 11.3. The molecule has 0 fully saturated rings. The molecule has 1 nitrogen and oxygen atoms in total. The number of Topliss-reactive ketones (excluding diaryl/α,β-unsaturated/α-hetero) is 1. The van der Waals surface area contributed by atoms with Gasteiger partial charge in [0.25, 0.3) is 0 Å². The topological polar surface area (TPSA) is 17.1 Å². The Bertz CT molecular complexity index is 242. The third-order valence-corrected chi connectivity index (χ3v) is 2.30. The van der Waals surface area contributed by atoms with Crippen LogP contribution in [0.3, 0.4) is 0 Å². The van der Waals surface area contributed by atoms with Crippen LogP contribution in [0.5, 0.6) is 0 Å². The fourth-order valence-electron chi connectivity index (χ4n) is 1.36. The minimum atomic E-state index is 0.360. The Kier molecular flexibility index (Phi) is 7.98. The van der Waals surface area contributed by atoms with Crippen LogP contribution in [0.1, 0.15) is 59.8 Å². The Balaban J connectivity index is 3.79. The fraction of sp³-hybridized carbons (Fsp3) is 0.643. The molecule has 0 aromatic heterocycles. The second kappa shape index (κ2) is 8.46. The minimum Gasteiger partial charge on any atom is -0.299 e. The molecule has 0 bridgehead atoms. The van der Waals surface area contributed by atoms with Gasteiger partial charge in [-0.1, -0.05) is 30.2 Å². The van der Waals surface area contributed by atoms with E-state index in [2.05, 4.69) is 32.9 Å². The van der Waals surface area contributed by atoms with Crippen LogP contribution >= 0.6 is 0 Å². The Hall–Kier alpha value is -0.850. The maximum Gasteiger partial charge on any atom is 0.136 e. The molecule has 0 aliphatic rings. The van der Waals surface area contributed by atoms with E-state index in [1.54, 1.807) is 0 Å². The van der Waals surface area contributed by atoms with Crippen LogP contribution in [0, 0.1) is 0 Å². The number of ketones is 1. The van der Waals surface area contributed by atoms with Crippen molar-refractivity contribution in [3.05, 3.63) is 23.3 Å². The Morgan fingerprint density at radius 1 is 1.07 bits per heavy atom. The maximum absolute atomic E-state index is 11.3. The molecule has 0 heterocycles. The van der Waals surface area contributed by atoms with Crippen LogP contribution in [-0.2, 0) is 4.79 Å². The molecule has 86 valence electrons. The molecule has 0 rings (SSSR count). The Morgan fingerprint density at radius 3 is 2.27 bits per heavy atom. The summed E-state index contributed by atoms with van der Waals surface area (Å²) in [6.07, 6.45) is 8.79. The van der Waals surface area contributed by atoms with E-state index in [-0.39, 0.29) is 0 Å². The molecule has 0 aromatic rings. The molecule has 0 aliphatic heterocycles. The Labute approximate surface area is 94.3 Å². The van der Waals surface area contributed by atoms with Crippen molar-refractivity contribution in [1.82, 2.24) is 0 Å². The fourth-order valence-corrected chi connectivity index (χ4v) is 1.36. The van der Waals surface area contributed by atoms with Crippen LogP contribution in [0.15, 0.2) is 23.3 Å². The first-order valence-electron chi connectivity index (χ1n) is 5.87. The van der Waals surface area contributed by atoms with Crippen molar-refractivity contribution in [1.29, 1.82) is 0 Å². The molecule has 0 unspecified atom stereocenters. The first-order chi connectivity index (χ1) is 7.06. The molecule has 0 aliphatic carbocycles. The van der Waals surface area contributed by atoms with Gasteiger partial charge in [0.05, 0.1) is 0 Å². The van der Waals surface area contributed by atoms with Crippen molar-refractivity contribution in [3.63, 3.8) is 0 Å². The largest absolute Gasteiger partial charge is 0.299 e. The number of hydrogen-bond donors (Lipinski definition) is 0. The second-order valence-electron chi connectivity index (χ2n) is 4.36. The lowest BCUT2D eigenvalue weighted by molar-refractivity contribution is -0.118. The van der Waals surface area contributed by atoms with E-state index in [1.165, 1.54) is 11.1 Å². The van der Waals surface area contributed by atoms with Crippen molar-refractivity contribution in [2.24, 2.45) is 0 Å². The highest BCUT2D eigenvalue weighted by atomic mass is 16.1. The lowest BCUT2D eigenvalue weighted by Gasteiger charge is -1.99. The molecular formula is C14H24O.